The van der Waals surface area contributed by atoms with Crippen LogP contribution >= 0.6 is 11.6 Å². The lowest BCUT2D eigenvalue weighted by molar-refractivity contribution is 0.0846. The van der Waals surface area contributed by atoms with Crippen LogP contribution in [-0.2, 0) is 0 Å². The molecule has 3 heteroatoms. The Morgan fingerprint density at radius 3 is 2.62 bits per heavy atom. The van der Waals surface area contributed by atoms with Crippen molar-refractivity contribution in [3.8, 4) is 0 Å². The van der Waals surface area contributed by atoms with Gasteiger partial charge >= 0.3 is 0 Å². The average molecular weight is 243 g/mol. The lowest BCUT2D eigenvalue weighted by Crippen LogP contribution is -2.16. The number of aliphatic hydroxyl groups is 1. The molecule has 1 N–H and O–H groups in total. The first kappa shape index (κ1) is 11.9. The molecule has 1 aromatic carbocycles. The fourth-order valence-corrected chi connectivity index (χ4v) is 2.69. The predicted molar refractivity (Wildman–Crippen MR) is 62.9 cm³/mol. The number of benzene rings is 1. The van der Waals surface area contributed by atoms with Crippen LogP contribution in [0.4, 0.5) is 4.39 Å². The topological polar surface area (TPSA) is 20.2 Å². The Kier molecular flexibility index (Phi) is 3.82. The summed E-state index contributed by atoms with van der Waals surface area (Å²) in [5.74, 6) is -0.220. The zero-order valence-corrected chi connectivity index (χ0v) is 9.88. The highest BCUT2D eigenvalue weighted by Gasteiger charge is 2.25. The van der Waals surface area contributed by atoms with E-state index < -0.39 is 11.9 Å². The average Bonchev–Trinajstić information content (AvgIpc) is 2.33. The van der Waals surface area contributed by atoms with Crippen molar-refractivity contribution in [1.29, 1.82) is 0 Å². The van der Waals surface area contributed by atoms with Gasteiger partial charge in [0.15, 0.2) is 0 Å². The van der Waals surface area contributed by atoms with E-state index >= 15 is 0 Å². The summed E-state index contributed by atoms with van der Waals surface area (Å²) in [5, 5.41) is 10.3. The second kappa shape index (κ2) is 5.15. The Morgan fingerprint density at radius 1 is 1.25 bits per heavy atom. The van der Waals surface area contributed by atoms with Crippen molar-refractivity contribution in [2.24, 2.45) is 5.92 Å². The summed E-state index contributed by atoms with van der Waals surface area (Å²) in [7, 11) is 0. The van der Waals surface area contributed by atoms with Crippen LogP contribution in [0.25, 0.3) is 0 Å². The summed E-state index contributed by atoms with van der Waals surface area (Å²) in [4.78, 5) is 0. The molecule has 1 nitrogen and oxygen atoms in total. The number of hydrogen-bond acceptors (Lipinski definition) is 1. The van der Waals surface area contributed by atoms with Gasteiger partial charge in [-0.1, -0.05) is 43.0 Å². The molecule has 0 bridgehead atoms. The normalized spacial score (nSPS) is 19.7. The maximum atomic E-state index is 13.3. The molecule has 88 valence electrons. The Morgan fingerprint density at radius 2 is 1.94 bits per heavy atom. The first-order valence-corrected chi connectivity index (χ1v) is 6.20. The first-order valence-electron chi connectivity index (χ1n) is 5.82. The molecule has 1 saturated carbocycles. The van der Waals surface area contributed by atoms with E-state index in [0.29, 0.717) is 5.56 Å². The zero-order chi connectivity index (χ0) is 11.5. The Hall–Kier alpha value is -0.600. The molecule has 16 heavy (non-hydrogen) atoms. The highest BCUT2D eigenvalue weighted by molar-refractivity contribution is 6.31. The standard InChI is InChI=1S/C13H16ClFO/c14-12-10(7-4-8-11(12)15)13(16)9-5-2-1-3-6-9/h4,7-9,13,16H,1-3,5-6H2. The van der Waals surface area contributed by atoms with Crippen LogP contribution in [0.3, 0.4) is 0 Å². The molecule has 0 aliphatic heterocycles. The fourth-order valence-electron chi connectivity index (χ4n) is 2.45. The third-order valence-corrected chi connectivity index (χ3v) is 3.80. The van der Waals surface area contributed by atoms with E-state index in [1.54, 1.807) is 12.1 Å². The SMILES string of the molecule is OC(c1cccc(F)c1Cl)C1CCCCC1. The molecule has 1 atom stereocenters. The molecule has 1 aliphatic carbocycles. The van der Waals surface area contributed by atoms with Gasteiger partial charge in [0.1, 0.15) is 5.82 Å². The first-order chi connectivity index (χ1) is 7.70. The highest BCUT2D eigenvalue weighted by atomic mass is 35.5. The van der Waals surface area contributed by atoms with Gasteiger partial charge in [0, 0.05) is 5.56 Å². The minimum atomic E-state index is -0.622. The van der Waals surface area contributed by atoms with Crippen LogP contribution in [0.5, 0.6) is 0 Å². The van der Waals surface area contributed by atoms with Gasteiger partial charge in [0.25, 0.3) is 0 Å². The van der Waals surface area contributed by atoms with Gasteiger partial charge in [-0.15, -0.1) is 0 Å². The van der Waals surface area contributed by atoms with Gasteiger partial charge in [-0.3, -0.25) is 0 Å². The van der Waals surface area contributed by atoms with Crippen molar-refractivity contribution in [3.63, 3.8) is 0 Å². The lowest BCUT2D eigenvalue weighted by Gasteiger charge is -2.27. The third-order valence-electron chi connectivity index (χ3n) is 3.40. The van der Waals surface area contributed by atoms with Crippen LogP contribution in [-0.4, -0.2) is 5.11 Å². The number of rotatable bonds is 2. The van der Waals surface area contributed by atoms with Crippen molar-refractivity contribution in [2.45, 2.75) is 38.2 Å². The summed E-state index contributed by atoms with van der Waals surface area (Å²) in [6.07, 6.45) is 4.93. The second-order valence-corrected chi connectivity index (χ2v) is 4.86. The molecule has 0 saturated heterocycles. The lowest BCUT2D eigenvalue weighted by atomic mass is 9.83. The molecule has 1 aliphatic rings. The summed E-state index contributed by atoms with van der Waals surface area (Å²) >= 11 is 5.87. The maximum Gasteiger partial charge on any atom is 0.142 e. The van der Waals surface area contributed by atoms with Gasteiger partial charge in [-0.25, -0.2) is 4.39 Å². The molecule has 1 aromatic rings. The molecule has 1 fully saturated rings. The van der Waals surface area contributed by atoms with Gasteiger partial charge in [0.05, 0.1) is 11.1 Å². The number of aliphatic hydroxyl groups excluding tert-OH is 1. The Labute approximate surface area is 100 Å². The third kappa shape index (κ3) is 2.38. The van der Waals surface area contributed by atoms with Crippen LogP contribution in [0.2, 0.25) is 5.02 Å². The molecule has 0 spiro atoms. The molecule has 0 radical (unpaired) electrons. The quantitative estimate of drug-likeness (QED) is 0.828. The van der Waals surface area contributed by atoms with E-state index in [9.17, 15) is 9.50 Å². The molecule has 0 amide bonds. The predicted octanol–water partition coefficient (Wildman–Crippen LogP) is 4.09. The van der Waals surface area contributed by atoms with Crippen LogP contribution in [0.15, 0.2) is 18.2 Å². The van der Waals surface area contributed by atoms with Crippen LogP contribution < -0.4 is 0 Å². The molecule has 0 aromatic heterocycles. The molecular weight excluding hydrogens is 227 g/mol. The van der Waals surface area contributed by atoms with Gasteiger partial charge in [-0.2, -0.15) is 0 Å². The van der Waals surface area contributed by atoms with Crippen molar-refractivity contribution < 1.29 is 9.50 Å². The number of halogens is 2. The largest absolute Gasteiger partial charge is 0.388 e. The van der Waals surface area contributed by atoms with Crippen LogP contribution in [0.1, 0.15) is 43.8 Å². The molecule has 1 unspecified atom stereocenters. The number of hydrogen-bond donors (Lipinski definition) is 1. The molecular formula is C13H16ClFO. The van der Waals surface area contributed by atoms with Crippen molar-refractivity contribution in [3.05, 3.63) is 34.6 Å². The summed E-state index contributed by atoms with van der Waals surface area (Å²) in [5.41, 5.74) is 0.536. The highest BCUT2D eigenvalue weighted by Crippen LogP contribution is 2.37. The fraction of sp³-hybridized carbons (Fsp3) is 0.538. The monoisotopic (exact) mass is 242 g/mol. The summed E-state index contributed by atoms with van der Waals surface area (Å²) in [6.45, 7) is 0. The zero-order valence-electron chi connectivity index (χ0n) is 9.13. The Balaban J connectivity index is 2.19. The van der Waals surface area contributed by atoms with Crippen molar-refractivity contribution in [1.82, 2.24) is 0 Å². The van der Waals surface area contributed by atoms with Crippen LogP contribution in [0, 0.1) is 11.7 Å². The minimum Gasteiger partial charge on any atom is -0.388 e. The minimum absolute atomic E-state index is 0.0700. The summed E-state index contributed by atoms with van der Waals surface area (Å²) in [6, 6.07) is 4.63. The maximum absolute atomic E-state index is 13.3. The smallest absolute Gasteiger partial charge is 0.142 e. The Bertz CT molecular complexity index is 361. The van der Waals surface area contributed by atoms with Gasteiger partial charge in [-0.05, 0) is 24.8 Å². The van der Waals surface area contributed by atoms with Gasteiger partial charge in [0.2, 0.25) is 0 Å². The molecule has 0 heterocycles. The van der Waals surface area contributed by atoms with E-state index in [1.165, 1.54) is 12.5 Å². The van der Waals surface area contributed by atoms with Crippen molar-refractivity contribution >= 4 is 11.6 Å². The van der Waals surface area contributed by atoms with E-state index in [-0.39, 0.29) is 10.9 Å². The van der Waals surface area contributed by atoms with Gasteiger partial charge < -0.3 is 5.11 Å². The van der Waals surface area contributed by atoms with E-state index in [2.05, 4.69) is 0 Å². The second-order valence-electron chi connectivity index (χ2n) is 4.49. The van der Waals surface area contributed by atoms with Crippen molar-refractivity contribution in [2.75, 3.05) is 0 Å². The van der Waals surface area contributed by atoms with E-state index in [0.717, 1.165) is 25.7 Å². The summed E-state index contributed by atoms with van der Waals surface area (Å²) < 4.78 is 13.3. The molecule has 2 rings (SSSR count). The van der Waals surface area contributed by atoms with E-state index in [1.807, 2.05) is 0 Å². The van der Waals surface area contributed by atoms with E-state index in [4.69, 9.17) is 11.6 Å².